The van der Waals surface area contributed by atoms with Gasteiger partial charge < -0.3 is 5.32 Å². The molecule has 1 N–H and O–H groups in total. The third-order valence-electron chi connectivity index (χ3n) is 2.81. The number of hydrogen-bond acceptors (Lipinski definition) is 4. The molecule has 0 saturated carbocycles. The lowest BCUT2D eigenvalue weighted by atomic mass is 10.1. The Kier molecular flexibility index (Phi) is 3.27. The first-order valence-electron chi connectivity index (χ1n) is 5.90. The van der Waals surface area contributed by atoms with Gasteiger partial charge in [0.2, 0.25) is 0 Å². The monoisotopic (exact) mass is 317 g/mol. The van der Waals surface area contributed by atoms with Gasteiger partial charge in [0, 0.05) is 10.0 Å². The van der Waals surface area contributed by atoms with Crippen LogP contribution < -0.4 is 5.32 Å². The average molecular weight is 318 g/mol. The Bertz CT molecular complexity index is 722. The molecule has 0 unspecified atom stereocenters. The van der Waals surface area contributed by atoms with Gasteiger partial charge in [-0.1, -0.05) is 34.1 Å². The molecule has 96 valence electrons. The molecule has 0 atom stereocenters. The smallest absolute Gasteiger partial charge is 0.177 e. The first kappa shape index (κ1) is 12.3. The minimum absolute atomic E-state index is 0.633. The zero-order valence-electron chi connectivity index (χ0n) is 10.3. The van der Waals surface area contributed by atoms with Gasteiger partial charge in [0.15, 0.2) is 11.5 Å². The van der Waals surface area contributed by atoms with Gasteiger partial charge in [-0.3, -0.25) is 0 Å². The number of fused-ring (bicyclic) bond motifs is 1. The highest BCUT2D eigenvalue weighted by atomic mass is 79.9. The summed E-state index contributed by atoms with van der Waals surface area (Å²) >= 11 is 3.54. The first-order chi connectivity index (χ1) is 9.29. The van der Waals surface area contributed by atoms with Crippen LogP contribution in [0.3, 0.4) is 0 Å². The van der Waals surface area contributed by atoms with E-state index in [1.54, 1.807) is 4.52 Å². The molecule has 0 aliphatic heterocycles. The Labute approximate surface area is 118 Å². The summed E-state index contributed by atoms with van der Waals surface area (Å²) in [5.74, 6) is 0.798. The number of nitrogens with one attached hydrogen (secondary N) is 1. The topological polar surface area (TPSA) is 55.1 Å². The molecular weight excluding hydrogens is 306 g/mol. The summed E-state index contributed by atoms with van der Waals surface area (Å²) in [6.45, 7) is 0.633. The fraction of sp³-hybridized carbons (Fsp3) is 0.154. The van der Waals surface area contributed by atoms with Gasteiger partial charge in [0.25, 0.3) is 0 Å². The molecule has 5 nitrogen and oxygen atoms in total. The summed E-state index contributed by atoms with van der Waals surface area (Å²) in [6.07, 6.45) is 0. The van der Waals surface area contributed by atoms with Gasteiger partial charge in [-0.05, 0) is 25.2 Å². The second-order valence-corrected chi connectivity index (χ2v) is 4.97. The third-order valence-corrected chi connectivity index (χ3v) is 3.50. The van der Waals surface area contributed by atoms with Crippen molar-refractivity contribution in [3.63, 3.8) is 0 Å². The molecule has 3 aromatic rings. The fourth-order valence-electron chi connectivity index (χ4n) is 1.91. The van der Waals surface area contributed by atoms with Gasteiger partial charge >= 0.3 is 0 Å². The SMILES string of the molecule is CNCc1nnc2ccc(-c3ccccc3Br)nn12. The number of nitrogens with zero attached hydrogens (tertiary/aromatic N) is 4. The summed E-state index contributed by atoms with van der Waals surface area (Å²) < 4.78 is 2.79. The maximum atomic E-state index is 4.61. The summed E-state index contributed by atoms with van der Waals surface area (Å²) in [7, 11) is 1.87. The Morgan fingerprint density at radius 2 is 2.00 bits per heavy atom. The average Bonchev–Trinajstić information content (AvgIpc) is 2.82. The van der Waals surface area contributed by atoms with Crippen LogP contribution in [0.4, 0.5) is 0 Å². The fourth-order valence-corrected chi connectivity index (χ4v) is 2.40. The van der Waals surface area contributed by atoms with Gasteiger partial charge in [-0.15, -0.1) is 10.2 Å². The highest BCUT2D eigenvalue weighted by Gasteiger charge is 2.09. The van der Waals surface area contributed by atoms with E-state index < -0.39 is 0 Å². The van der Waals surface area contributed by atoms with E-state index in [1.807, 2.05) is 43.4 Å². The van der Waals surface area contributed by atoms with Crippen LogP contribution in [-0.2, 0) is 6.54 Å². The lowest BCUT2D eigenvalue weighted by molar-refractivity contribution is 0.719. The van der Waals surface area contributed by atoms with Crippen LogP contribution in [0.1, 0.15) is 5.82 Å². The highest BCUT2D eigenvalue weighted by Crippen LogP contribution is 2.26. The summed E-state index contributed by atoms with van der Waals surface area (Å²) in [4.78, 5) is 0. The Morgan fingerprint density at radius 1 is 1.16 bits per heavy atom. The number of halogens is 1. The zero-order valence-corrected chi connectivity index (χ0v) is 11.9. The van der Waals surface area contributed by atoms with E-state index in [1.165, 1.54) is 0 Å². The van der Waals surface area contributed by atoms with Gasteiger partial charge in [-0.2, -0.15) is 9.61 Å². The molecule has 0 saturated heterocycles. The molecule has 0 aliphatic carbocycles. The molecule has 0 amide bonds. The van der Waals surface area contributed by atoms with E-state index in [0.29, 0.717) is 6.54 Å². The molecule has 19 heavy (non-hydrogen) atoms. The Morgan fingerprint density at radius 3 is 2.79 bits per heavy atom. The molecule has 0 radical (unpaired) electrons. The van der Waals surface area contributed by atoms with Crippen molar-refractivity contribution in [2.24, 2.45) is 0 Å². The lowest BCUT2D eigenvalue weighted by Gasteiger charge is -2.04. The van der Waals surface area contributed by atoms with Crippen molar-refractivity contribution in [2.45, 2.75) is 6.54 Å². The lowest BCUT2D eigenvalue weighted by Crippen LogP contribution is -2.10. The summed E-state index contributed by atoms with van der Waals surface area (Å²) in [6, 6.07) is 11.9. The first-order valence-corrected chi connectivity index (χ1v) is 6.70. The van der Waals surface area contributed by atoms with Crippen LogP contribution in [-0.4, -0.2) is 26.9 Å². The van der Waals surface area contributed by atoms with Crippen LogP contribution in [0.2, 0.25) is 0 Å². The number of aromatic nitrogens is 4. The standard InChI is InChI=1S/C13H12BrN5/c1-15-8-13-17-16-12-7-6-11(18-19(12)13)9-4-2-3-5-10(9)14/h2-7,15H,8H2,1H3. The predicted octanol–water partition coefficient (Wildman–Crippen LogP) is 2.27. The van der Waals surface area contributed by atoms with Crippen molar-refractivity contribution in [1.29, 1.82) is 0 Å². The van der Waals surface area contributed by atoms with Gasteiger partial charge in [0.05, 0.1) is 12.2 Å². The van der Waals surface area contributed by atoms with E-state index in [9.17, 15) is 0 Å². The second-order valence-electron chi connectivity index (χ2n) is 4.11. The Balaban J connectivity index is 2.15. The van der Waals surface area contributed by atoms with Crippen molar-refractivity contribution >= 4 is 21.6 Å². The molecule has 3 rings (SSSR count). The summed E-state index contributed by atoms with van der Waals surface area (Å²) in [5.41, 5.74) is 2.69. The largest absolute Gasteiger partial charge is 0.313 e. The maximum absolute atomic E-state index is 4.61. The summed E-state index contributed by atoms with van der Waals surface area (Å²) in [5, 5.41) is 15.9. The second kappa shape index (κ2) is 5.07. The molecule has 0 aliphatic rings. The molecular formula is C13H12BrN5. The molecule has 6 heteroatoms. The molecule has 0 spiro atoms. The van der Waals surface area contributed by atoms with Crippen molar-refractivity contribution in [2.75, 3.05) is 7.05 Å². The van der Waals surface area contributed by atoms with Gasteiger partial charge in [-0.25, -0.2) is 0 Å². The molecule has 0 bridgehead atoms. The van der Waals surface area contributed by atoms with Gasteiger partial charge in [0.1, 0.15) is 0 Å². The predicted molar refractivity (Wildman–Crippen MR) is 76.7 cm³/mol. The number of hydrogen-bond donors (Lipinski definition) is 1. The Hall–Kier alpha value is -1.79. The van der Waals surface area contributed by atoms with Crippen LogP contribution in [0.25, 0.3) is 16.9 Å². The number of rotatable bonds is 3. The minimum atomic E-state index is 0.633. The van der Waals surface area contributed by atoms with Crippen LogP contribution in [0.15, 0.2) is 40.9 Å². The van der Waals surface area contributed by atoms with Crippen LogP contribution in [0, 0.1) is 0 Å². The number of benzene rings is 1. The van der Waals surface area contributed by atoms with Crippen LogP contribution >= 0.6 is 15.9 Å². The minimum Gasteiger partial charge on any atom is -0.313 e. The maximum Gasteiger partial charge on any atom is 0.177 e. The van der Waals surface area contributed by atoms with E-state index in [0.717, 1.165) is 27.2 Å². The molecule has 1 aromatic carbocycles. The van der Waals surface area contributed by atoms with Crippen LogP contribution in [0.5, 0.6) is 0 Å². The van der Waals surface area contributed by atoms with E-state index in [-0.39, 0.29) is 0 Å². The van der Waals surface area contributed by atoms with Crippen molar-refractivity contribution < 1.29 is 0 Å². The zero-order chi connectivity index (χ0) is 13.2. The van der Waals surface area contributed by atoms with Crippen molar-refractivity contribution in [3.05, 3.63) is 46.7 Å². The van der Waals surface area contributed by atoms with E-state index >= 15 is 0 Å². The van der Waals surface area contributed by atoms with E-state index in [4.69, 9.17) is 0 Å². The molecule has 2 aromatic heterocycles. The quantitative estimate of drug-likeness (QED) is 0.805. The highest BCUT2D eigenvalue weighted by molar-refractivity contribution is 9.10. The van der Waals surface area contributed by atoms with E-state index in [2.05, 4.69) is 36.5 Å². The third kappa shape index (κ3) is 2.24. The van der Waals surface area contributed by atoms with Crippen molar-refractivity contribution in [3.8, 4) is 11.3 Å². The van der Waals surface area contributed by atoms with Crippen molar-refractivity contribution in [1.82, 2.24) is 25.1 Å². The normalized spacial score (nSPS) is 11.1. The molecule has 0 fully saturated rings. The molecule has 2 heterocycles.